The Bertz CT molecular complexity index is 976. The predicted molar refractivity (Wildman–Crippen MR) is 127 cm³/mol. The van der Waals surface area contributed by atoms with Crippen LogP contribution in [-0.2, 0) is 0 Å². The Kier molecular flexibility index (Phi) is 6.74. The van der Waals surface area contributed by atoms with E-state index in [1.165, 1.54) is 0 Å². The summed E-state index contributed by atoms with van der Waals surface area (Å²) >= 11 is 0. The molecule has 1 aromatic heterocycles. The Morgan fingerprint density at radius 3 is 2.84 bits per heavy atom. The van der Waals surface area contributed by atoms with Crippen molar-refractivity contribution < 1.29 is 9.59 Å². The highest BCUT2D eigenvalue weighted by Crippen LogP contribution is 2.37. The molecule has 1 N–H and O–H groups in total. The van der Waals surface area contributed by atoms with Crippen LogP contribution in [0.3, 0.4) is 0 Å². The normalized spacial score (nSPS) is 18.3. The number of urea groups is 1. The summed E-state index contributed by atoms with van der Waals surface area (Å²) in [5.74, 6) is 0.718. The van der Waals surface area contributed by atoms with Crippen LogP contribution >= 0.6 is 0 Å². The third kappa shape index (κ3) is 4.48. The van der Waals surface area contributed by atoms with Crippen molar-refractivity contribution in [2.75, 3.05) is 36.4 Å². The highest BCUT2D eigenvalue weighted by molar-refractivity contribution is 6.16. The van der Waals surface area contributed by atoms with Crippen LogP contribution in [-0.4, -0.2) is 58.9 Å². The number of amides is 3. The summed E-state index contributed by atoms with van der Waals surface area (Å²) in [6.07, 6.45) is 4.88. The van der Waals surface area contributed by atoms with Crippen molar-refractivity contribution in [1.29, 1.82) is 0 Å². The molecule has 3 amide bonds. The van der Waals surface area contributed by atoms with Crippen LogP contribution < -0.4 is 10.2 Å². The van der Waals surface area contributed by atoms with E-state index in [1.54, 1.807) is 29.3 Å². The number of hydrogen-bond acceptors (Lipinski definition) is 4. The first kappa shape index (κ1) is 22.3. The van der Waals surface area contributed by atoms with Crippen molar-refractivity contribution in [2.45, 2.75) is 46.1 Å². The second-order valence-corrected chi connectivity index (χ2v) is 8.93. The summed E-state index contributed by atoms with van der Waals surface area (Å²) < 4.78 is 0. The van der Waals surface area contributed by atoms with E-state index in [1.807, 2.05) is 23.1 Å². The van der Waals surface area contributed by atoms with Gasteiger partial charge in [-0.1, -0.05) is 19.1 Å². The van der Waals surface area contributed by atoms with E-state index < -0.39 is 0 Å². The average Bonchev–Trinajstić information content (AvgIpc) is 2.93. The van der Waals surface area contributed by atoms with Gasteiger partial charge in [0.05, 0.1) is 16.9 Å². The maximum absolute atomic E-state index is 13.8. The van der Waals surface area contributed by atoms with E-state index in [4.69, 9.17) is 0 Å². The molecule has 1 unspecified atom stereocenters. The molecule has 0 bridgehead atoms. The number of aromatic nitrogens is 1. The number of carbonyl (C=O) groups excluding carboxylic acids is 2. The molecule has 7 nitrogen and oxygen atoms in total. The van der Waals surface area contributed by atoms with Crippen molar-refractivity contribution in [2.24, 2.45) is 5.92 Å². The van der Waals surface area contributed by atoms with E-state index >= 15 is 0 Å². The molecular formula is C25H33N5O2. The minimum Gasteiger partial charge on any atom is -0.324 e. The molecule has 32 heavy (non-hydrogen) atoms. The van der Waals surface area contributed by atoms with E-state index in [-0.39, 0.29) is 11.9 Å². The monoisotopic (exact) mass is 435 g/mol. The van der Waals surface area contributed by atoms with Gasteiger partial charge in [-0.3, -0.25) is 4.79 Å². The molecule has 2 aromatic rings. The fourth-order valence-electron chi connectivity index (χ4n) is 4.78. The van der Waals surface area contributed by atoms with Crippen molar-refractivity contribution >= 4 is 29.1 Å². The summed E-state index contributed by atoms with van der Waals surface area (Å²) in [5.41, 5.74) is 1.60. The number of likely N-dealkylation sites (tertiary alicyclic amines) is 1. The number of nitrogens with one attached hydrogen (secondary N) is 1. The van der Waals surface area contributed by atoms with Crippen LogP contribution in [0, 0.1) is 5.92 Å². The first-order chi connectivity index (χ1) is 15.5. The maximum atomic E-state index is 13.8. The van der Waals surface area contributed by atoms with Crippen LogP contribution in [0.5, 0.6) is 0 Å². The molecule has 3 heterocycles. The van der Waals surface area contributed by atoms with Crippen molar-refractivity contribution in [1.82, 2.24) is 14.8 Å². The van der Waals surface area contributed by atoms with E-state index in [0.717, 1.165) is 45.4 Å². The van der Waals surface area contributed by atoms with Crippen LogP contribution in [0.25, 0.3) is 0 Å². The van der Waals surface area contributed by atoms with E-state index in [9.17, 15) is 9.59 Å². The summed E-state index contributed by atoms with van der Waals surface area (Å²) in [6.45, 7) is 10.2. The lowest BCUT2D eigenvalue weighted by atomic mass is 9.94. The molecule has 4 rings (SSSR count). The third-order valence-electron chi connectivity index (χ3n) is 6.58. The smallest absolute Gasteiger partial charge is 0.324 e. The van der Waals surface area contributed by atoms with Crippen molar-refractivity contribution in [3.05, 3.63) is 48.2 Å². The second-order valence-electron chi connectivity index (χ2n) is 8.93. The molecule has 2 aliphatic heterocycles. The summed E-state index contributed by atoms with van der Waals surface area (Å²) in [4.78, 5) is 37.1. The van der Waals surface area contributed by atoms with Crippen LogP contribution in [0.4, 0.5) is 22.0 Å². The Balaban J connectivity index is 1.58. The lowest BCUT2D eigenvalue weighted by molar-refractivity contribution is 0.102. The summed E-state index contributed by atoms with van der Waals surface area (Å²) in [6, 6.07) is 11.2. The summed E-state index contributed by atoms with van der Waals surface area (Å²) in [7, 11) is 0. The molecule has 7 heteroatoms. The lowest BCUT2D eigenvalue weighted by Gasteiger charge is -2.37. The number of nitrogens with zero attached hydrogens (tertiary/aromatic N) is 4. The standard InChI is InChI=1S/C25H33N5O2/c1-4-28(18(2)3)16-13-19-9-8-15-29(17-19)25(32)30-22-12-6-5-10-20(22)24(31)27-21-11-7-14-26-23(21)30/h5-7,10-12,14,18-19H,4,8-9,13,15-17H2,1-3H3,(H,27,31). The summed E-state index contributed by atoms with van der Waals surface area (Å²) in [5, 5.41) is 2.91. The average molecular weight is 436 g/mol. The lowest BCUT2D eigenvalue weighted by Crippen LogP contribution is -2.47. The molecule has 2 aliphatic rings. The molecule has 0 radical (unpaired) electrons. The highest BCUT2D eigenvalue weighted by Gasteiger charge is 2.34. The van der Waals surface area contributed by atoms with Gasteiger partial charge >= 0.3 is 6.03 Å². The predicted octanol–water partition coefficient (Wildman–Crippen LogP) is 4.74. The minimum atomic E-state index is -0.227. The highest BCUT2D eigenvalue weighted by atomic mass is 16.2. The molecular weight excluding hydrogens is 402 g/mol. The van der Waals surface area contributed by atoms with Gasteiger partial charge < -0.3 is 15.1 Å². The number of rotatable bonds is 5. The van der Waals surface area contributed by atoms with Gasteiger partial charge in [-0.05, 0) is 76.4 Å². The number of piperidine rings is 1. The topological polar surface area (TPSA) is 68.8 Å². The third-order valence-corrected chi connectivity index (χ3v) is 6.58. The van der Waals surface area contributed by atoms with Gasteiger partial charge in [-0.2, -0.15) is 0 Å². The molecule has 0 saturated carbocycles. The van der Waals surface area contributed by atoms with Crippen molar-refractivity contribution in [3.8, 4) is 0 Å². The van der Waals surface area contributed by atoms with Crippen LogP contribution in [0.15, 0.2) is 42.6 Å². The minimum absolute atomic E-state index is 0.116. The fraction of sp³-hybridized carbons (Fsp3) is 0.480. The molecule has 1 aromatic carbocycles. The van der Waals surface area contributed by atoms with Gasteiger partial charge in [-0.15, -0.1) is 0 Å². The number of fused-ring (bicyclic) bond motifs is 2. The van der Waals surface area contributed by atoms with Gasteiger partial charge in [0.2, 0.25) is 0 Å². The van der Waals surface area contributed by atoms with Gasteiger partial charge in [0.15, 0.2) is 5.82 Å². The van der Waals surface area contributed by atoms with Crippen molar-refractivity contribution in [3.63, 3.8) is 0 Å². The molecule has 0 aliphatic carbocycles. The second kappa shape index (κ2) is 9.69. The number of anilines is 3. The van der Waals surface area contributed by atoms with E-state index in [2.05, 4.69) is 36.0 Å². The largest absolute Gasteiger partial charge is 0.330 e. The number of para-hydroxylation sites is 1. The Labute approximate surface area is 190 Å². The number of pyridine rings is 1. The zero-order valence-corrected chi connectivity index (χ0v) is 19.3. The first-order valence-corrected chi connectivity index (χ1v) is 11.7. The van der Waals surface area contributed by atoms with Crippen LogP contribution in [0.2, 0.25) is 0 Å². The maximum Gasteiger partial charge on any atom is 0.330 e. The molecule has 1 saturated heterocycles. The Hall–Kier alpha value is -2.93. The molecule has 1 atom stereocenters. The molecule has 170 valence electrons. The van der Waals surface area contributed by atoms with Gasteiger partial charge in [0.1, 0.15) is 0 Å². The first-order valence-electron chi connectivity index (χ1n) is 11.7. The zero-order chi connectivity index (χ0) is 22.7. The van der Waals surface area contributed by atoms with Gasteiger partial charge in [0.25, 0.3) is 5.91 Å². The Morgan fingerprint density at radius 2 is 2.06 bits per heavy atom. The molecule has 0 spiro atoms. The molecule has 1 fully saturated rings. The van der Waals surface area contributed by atoms with Crippen LogP contribution in [0.1, 0.15) is 50.4 Å². The number of hydrogen-bond donors (Lipinski definition) is 1. The van der Waals surface area contributed by atoms with E-state index in [0.29, 0.717) is 34.7 Å². The fourth-order valence-corrected chi connectivity index (χ4v) is 4.78. The number of benzene rings is 1. The Morgan fingerprint density at radius 1 is 1.25 bits per heavy atom. The van der Waals surface area contributed by atoms with Gasteiger partial charge in [0, 0.05) is 25.3 Å². The number of carbonyl (C=O) groups is 2. The SMILES string of the molecule is CCN(CCC1CCCN(C(=O)N2c3ccccc3C(=O)Nc3cccnc32)C1)C(C)C. The quantitative estimate of drug-likeness (QED) is 0.737. The van der Waals surface area contributed by atoms with Gasteiger partial charge in [-0.25, -0.2) is 14.7 Å². The zero-order valence-electron chi connectivity index (χ0n) is 19.3.